The van der Waals surface area contributed by atoms with Crippen LogP contribution in [0.25, 0.3) is 0 Å². The predicted octanol–water partition coefficient (Wildman–Crippen LogP) is 1.95. The van der Waals surface area contributed by atoms with Gasteiger partial charge in [-0.1, -0.05) is 19.1 Å². The van der Waals surface area contributed by atoms with E-state index in [9.17, 15) is 4.21 Å². The molecule has 0 spiro atoms. The number of ether oxygens (including phenoxy) is 2. The van der Waals surface area contributed by atoms with Gasteiger partial charge in [-0.3, -0.25) is 4.21 Å². The molecule has 4 nitrogen and oxygen atoms in total. The second-order valence-corrected chi connectivity index (χ2v) is 5.83. The molecule has 108 valence electrons. The topological polar surface area (TPSA) is 61.5 Å². The highest BCUT2D eigenvalue weighted by atomic mass is 32.2. The van der Waals surface area contributed by atoms with Crippen LogP contribution in [0.2, 0.25) is 0 Å². The lowest BCUT2D eigenvalue weighted by Gasteiger charge is -2.12. The van der Waals surface area contributed by atoms with Crippen LogP contribution in [0, 0.1) is 0 Å². The molecular weight excluding hydrogens is 262 g/mol. The highest BCUT2D eigenvalue weighted by Crippen LogP contribution is 2.26. The van der Waals surface area contributed by atoms with Gasteiger partial charge in [0.05, 0.1) is 19.0 Å². The van der Waals surface area contributed by atoms with E-state index in [1.165, 1.54) is 0 Å². The Labute approximate surface area is 117 Å². The molecule has 1 aromatic carbocycles. The molecular formula is C14H23NO3S. The zero-order chi connectivity index (χ0) is 14.1. The monoisotopic (exact) mass is 285 g/mol. The zero-order valence-electron chi connectivity index (χ0n) is 11.6. The maximum atomic E-state index is 11.7. The van der Waals surface area contributed by atoms with Crippen molar-refractivity contribution in [3.8, 4) is 11.5 Å². The van der Waals surface area contributed by atoms with E-state index in [1.807, 2.05) is 38.1 Å². The molecule has 0 aromatic heterocycles. The van der Waals surface area contributed by atoms with Crippen LogP contribution >= 0.6 is 0 Å². The molecule has 0 fully saturated rings. The van der Waals surface area contributed by atoms with Crippen molar-refractivity contribution < 1.29 is 13.7 Å². The van der Waals surface area contributed by atoms with Gasteiger partial charge in [0.2, 0.25) is 0 Å². The third-order valence-electron chi connectivity index (χ3n) is 2.64. The van der Waals surface area contributed by atoms with Crippen LogP contribution in [0.5, 0.6) is 11.5 Å². The van der Waals surface area contributed by atoms with Crippen molar-refractivity contribution in [1.82, 2.24) is 0 Å². The first kappa shape index (κ1) is 16.0. The van der Waals surface area contributed by atoms with Crippen LogP contribution in [-0.2, 0) is 10.8 Å². The van der Waals surface area contributed by atoms with Gasteiger partial charge >= 0.3 is 0 Å². The van der Waals surface area contributed by atoms with Gasteiger partial charge in [0, 0.05) is 22.6 Å². The van der Waals surface area contributed by atoms with Gasteiger partial charge in [0.1, 0.15) is 0 Å². The van der Waals surface area contributed by atoms with E-state index >= 15 is 0 Å². The minimum Gasteiger partial charge on any atom is -0.490 e. The molecule has 0 saturated carbocycles. The summed E-state index contributed by atoms with van der Waals surface area (Å²) in [5.41, 5.74) is 5.77. The number of nitrogens with two attached hydrogens (primary N) is 1. The molecule has 0 aliphatic heterocycles. The molecule has 0 saturated heterocycles. The summed E-state index contributed by atoms with van der Waals surface area (Å²) in [6.07, 6.45) is 0.847. The SMILES string of the molecule is CCOc1ccccc1OCCS(=O)CC(N)CC. The quantitative estimate of drug-likeness (QED) is 0.753. The Bertz CT molecular complexity index is 398. The predicted molar refractivity (Wildman–Crippen MR) is 79.2 cm³/mol. The Hall–Kier alpha value is -1.07. The molecule has 0 aliphatic rings. The first-order chi connectivity index (χ1) is 9.17. The smallest absolute Gasteiger partial charge is 0.161 e. The average molecular weight is 285 g/mol. The minimum atomic E-state index is -0.925. The molecule has 2 unspecified atom stereocenters. The molecule has 0 radical (unpaired) electrons. The summed E-state index contributed by atoms with van der Waals surface area (Å²) in [4.78, 5) is 0. The van der Waals surface area contributed by atoms with Crippen molar-refractivity contribution in [1.29, 1.82) is 0 Å². The first-order valence-electron chi connectivity index (χ1n) is 6.62. The van der Waals surface area contributed by atoms with Gasteiger partial charge in [-0.15, -0.1) is 0 Å². The van der Waals surface area contributed by atoms with Crippen LogP contribution in [0.15, 0.2) is 24.3 Å². The molecule has 0 aliphatic carbocycles. The second kappa shape index (κ2) is 8.93. The van der Waals surface area contributed by atoms with E-state index in [-0.39, 0.29) is 6.04 Å². The molecule has 0 amide bonds. The Balaban J connectivity index is 2.38. The summed E-state index contributed by atoms with van der Waals surface area (Å²) in [7, 11) is -0.925. The third kappa shape index (κ3) is 6.07. The Morgan fingerprint density at radius 1 is 1.21 bits per heavy atom. The maximum Gasteiger partial charge on any atom is 0.161 e. The van der Waals surface area contributed by atoms with Crippen molar-refractivity contribution in [3.05, 3.63) is 24.3 Å². The normalized spacial score (nSPS) is 13.8. The van der Waals surface area contributed by atoms with Crippen molar-refractivity contribution in [2.75, 3.05) is 24.7 Å². The summed E-state index contributed by atoms with van der Waals surface area (Å²) < 4.78 is 22.8. The summed E-state index contributed by atoms with van der Waals surface area (Å²) in [5.74, 6) is 2.45. The van der Waals surface area contributed by atoms with Crippen LogP contribution in [-0.4, -0.2) is 35.0 Å². The average Bonchev–Trinajstić information content (AvgIpc) is 2.41. The van der Waals surface area contributed by atoms with Gasteiger partial charge < -0.3 is 15.2 Å². The first-order valence-corrected chi connectivity index (χ1v) is 8.11. The lowest BCUT2D eigenvalue weighted by Crippen LogP contribution is -2.28. The molecule has 0 bridgehead atoms. The Kier molecular flexibility index (Phi) is 7.52. The van der Waals surface area contributed by atoms with E-state index in [2.05, 4.69) is 0 Å². The lowest BCUT2D eigenvalue weighted by atomic mass is 10.3. The van der Waals surface area contributed by atoms with E-state index in [0.29, 0.717) is 30.5 Å². The highest BCUT2D eigenvalue weighted by molar-refractivity contribution is 7.85. The fraction of sp³-hybridized carbons (Fsp3) is 0.571. The van der Waals surface area contributed by atoms with E-state index in [0.717, 1.165) is 12.2 Å². The number of hydrogen-bond donors (Lipinski definition) is 1. The summed E-state index contributed by atoms with van der Waals surface area (Å²) in [5, 5.41) is 0. The van der Waals surface area contributed by atoms with Gasteiger partial charge in [-0.05, 0) is 25.5 Å². The van der Waals surface area contributed by atoms with E-state index in [4.69, 9.17) is 15.2 Å². The van der Waals surface area contributed by atoms with E-state index < -0.39 is 10.8 Å². The Morgan fingerprint density at radius 2 is 1.84 bits per heavy atom. The Morgan fingerprint density at radius 3 is 2.42 bits per heavy atom. The van der Waals surface area contributed by atoms with Crippen molar-refractivity contribution in [2.45, 2.75) is 26.3 Å². The lowest BCUT2D eigenvalue weighted by molar-refractivity contribution is 0.289. The van der Waals surface area contributed by atoms with Crippen LogP contribution < -0.4 is 15.2 Å². The number of hydrogen-bond acceptors (Lipinski definition) is 4. The summed E-state index contributed by atoms with van der Waals surface area (Å²) in [6, 6.07) is 7.52. The summed E-state index contributed by atoms with van der Waals surface area (Å²) in [6.45, 7) is 4.93. The third-order valence-corrected chi connectivity index (χ3v) is 4.06. The maximum absolute atomic E-state index is 11.7. The number of para-hydroxylation sites is 2. The molecule has 5 heteroatoms. The second-order valence-electron chi connectivity index (χ2n) is 4.21. The molecule has 1 aromatic rings. The zero-order valence-corrected chi connectivity index (χ0v) is 12.4. The largest absolute Gasteiger partial charge is 0.490 e. The summed E-state index contributed by atoms with van der Waals surface area (Å²) >= 11 is 0. The molecule has 19 heavy (non-hydrogen) atoms. The van der Waals surface area contributed by atoms with Crippen molar-refractivity contribution >= 4 is 10.8 Å². The number of rotatable bonds is 9. The number of benzene rings is 1. The highest BCUT2D eigenvalue weighted by Gasteiger charge is 2.08. The fourth-order valence-corrected chi connectivity index (χ4v) is 2.68. The van der Waals surface area contributed by atoms with Gasteiger partial charge in [-0.2, -0.15) is 0 Å². The van der Waals surface area contributed by atoms with Crippen molar-refractivity contribution in [3.63, 3.8) is 0 Å². The van der Waals surface area contributed by atoms with Crippen molar-refractivity contribution in [2.24, 2.45) is 5.73 Å². The minimum absolute atomic E-state index is 0.0107. The van der Waals surface area contributed by atoms with Gasteiger partial charge in [0.15, 0.2) is 11.5 Å². The van der Waals surface area contributed by atoms with Crippen LogP contribution in [0.4, 0.5) is 0 Å². The fourth-order valence-electron chi connectivity index (χ4n) is 1.53. The van der Waals surface area contributed by atoms with Crippen LogP contribution in [0.1, 0.15) is 20.3 Å². The van der Waals surface area contributed by atoms with Gasteiger partial charge in [-0.25, -0.2) is 0 Å². The molecule has 2 N–H and O–H groups in total. The molecule has 1 rings (SSSR count). The van der Waals surface area contributed by atoms with Gasteiger partial charge in [0.25, 0.3) is 0 Å². The van der Waals surface area contributed by atoms with Crippen LogP contribution in [0.3, 0.4) is 0 Å². The molecule has 2 atom stereocenters. The molecule has 0 heterocycles. The standard InChI is InChI=1S/C14H23NO3S/c1-3-12(15)11-19(16)10-9-18-14-8-6-5-7-13(14)17-4-2/h5-8,12H,3-4,9-11,15H2,1-2H3. The van der Waals surface area contributed by atoms with E-state index in [1.54, 1.807) is 0 Å².